The summed E-state index contributed by atoms with van der Waals surface area (Å²) in [7, 11) is 0. The summed E-state index contributed by atoms with van der Waals surface area (Å²) < 4.78 is 13.6. The predicted octanol–water partition coefficient (Wildman–Crippen LogP) is 2.41. The van der Waals surface area contributed by atoms with Gasteiger partial charge in [-0.3, -0.25) is 0 Å². The van der Waals surface area contributed by atoms with Crippen LogP contribution in [0, 0.1) is 5.82 Å². The predicted molar refractivity (Wildman–Crippen MR) is 69.7 cm³/mol. The highest BCUT2D eigenvalue weighted by atomic mass is 19.1. The molecule has 0 spiro atoms. The van der Waals surface area contributed by atoms with E-state index in [2.05, 4.69) is 0 Å². The van der Waals surface area contributed by atoms with Crippen molar-refractivity contribution in [2.45, 2.75) is 12.5 Å². The zero-order valence-electron chi connectivity index (χ0n) is 10.0. The molecule has 0 bridgehead atoms. The Hall–Kier alpha value is -1.71. The van der Waals surface area contributed by atoms with E-state index in [1.807, 2.05) is 18.2 Å². The smallest absolute Gasteiger partial charge is 0.129 e. The van der Waals surface area contributed by atoms with Gasteiger partial charge in [-0.1, -0.05) is 42.5 Å². The largest absolute Gasteiger partial charge is 0.384 e. The highest BCUT2D eigenvalue weighted by Crippen LogP contribution is 2.24. The molecule has 1 atom stereocenters. The quantitative estimate of drug-likeness (QED) is 0.869. The zero-order chi connectivity index (χ0) is 13.0. The Bertz CT molecular complexity index is 527. The van der Waals surface area contributed by atoms with E-state index in [4.69, 9.17) is 5.73 Å². The van der Waals surface area contributed by atoms with Gasteiger partial charge < -0.3 is 10.8 Å². The lowest BCUT2D eigenvalue weighted by atomic mass is 9.98. The molecule has 18 heavy (non-hydrogen) atoms. The van der Waals surface area contributed by atoms with Crippen LogP contribution in [-0.4, -0.2) is 11.7 Å². The summed E-state index contributed by atoms with van der Waals surface area (Å²) in [6.45, 7) is 0.555. The molecule has 0 saturated heterocycles. The third-order valence-electron chi connectivity index (χ3n) is 2.90. The maximum atomic E-state index is 13.6. The van der Waals surface area contributed by atoms with Crippen molar-refractivity contribution in [2.75, 3.05) is 6.54 Å². The first-order valence-corrected chi connectivity index (χ1v) is 5.94. The van der Waals surface area contributed by atoms with Gasteiger partial charge in [0.25, 0.3) is 0 Å². The first kappa shape index (κ1) is 12.7. The van der Waals surface area contributed by atoms with E-state index in [1.165, 1.54) is 6.07 Å². The van der Waals surface area contributed by atoms with Crippen molar-refractivity contribution in [3.8, 4) is 0 Å². The summed E-state index contributed by atoms with van der Waals surface area (Å²) in [5, 5.41) is 10.2. The normalized spacial score (nSPS) is 12.4. The lowest BCUT2D eigenvalue weighted by Gasteiger charge is -2.13. The van der Waals surface area contributed by atoms with Crippen molar-refractivity contribution in [3.05, 3.63) is 71.0 Å². The van der Waals surface area contributed by atoms with Gasteiger partial charge in [0.15, 0.2) is 0 Å². The van der Waals surface area contributed by atoms with Gasteiger partial charge >= 0.3 is 0 Å². The van der Waals surface area contributed by atoms with Crippen molar-refractivity contribution < 1.29 is 9.50 Å². The second-order valence-corrected chi connectivity index (χ2v) is 4.21. The Morgan fingerprint density at radius 3 is 2.61 bits per heavy atom. The molecule has 0 aliphatic carbocycles. The Balaban J connectivity index is 2.31. The molecule has 0 saturated carbocycles. The van der Waals surface area contributed by atoms with E-state index in [-0.39, 0.29) is 0 Å². The minimum absolute atomic E-state index is 0.294. The monoisotopic (exact) mass is 245 g/mol. The van der Waals surface area contributed by atoms with Crippen LogP contribution in [0.25, 0.3) is 0 Å². The number of benzene rings is 2. The molecule has 0 heterocycles. The molecule has 3 N–H and O–H groups in total. The first-order valence-electron chi connectivity index (χ1n) is 5.94. The molecule has 94 valence electrons. The van der Waals surface area contributed by atoms with Crippen molar-refractivity contribution in [1.29, 1.82) is 0 Å². The Kier molecular flexibility index (Phi) is 4.07. The second-order valence-electron chi connectivity index (χ2n) is 4.21. The first-order chi connectivity index (χ1) is 8.72. The van der Waals surface area contributed by atoms with E-state index in [1.54, 1.807) is 24.3 Å². The Labute approximate surface area is 106 Å². The average Bonchev–Trinajstić information content (AvgIpc) is 2.39. The van der Waals surface area contributed by atoms with Crippen LogP contribution in [0.2, 0.25) is 0 Å². The van der Waals surface area contributed by atoms with Gasteiger partial charge in [0.1, 0.15) is 11.9 Å². The number of hydrogen-bond donors (Lipinski definition) is 2. The molecule has 2 aromatic rings. The molecular weight excluding hydrogens is 229 g/mol. The van der Waals surface area contributed by atoms with Crippen LogP contribution in [0.15, 0.2) is 48.5 Å². The van der Waals surface area contributed by atoms with E-state index in [0.29, 0.717) is 17.7 Å². The molecule has 0 fully saturated rings. The molecule has 1 unspecified atom stereocenters. The number of halogens is 1. The Morgan fingerprint density at radius 2 is 1.89 bits per heavy atom. The van der Waals surface area contributed by atoms with Crippen LogP contribution in [-0.2, 0) is 6.42 Å². The van der Waals surface area contributed by atoms with Crippen LogP contribution in [0.5, 0.6) is 0 Å². The van der Waals surface area contributed by atoms with Crippen LogP contribution in [0.4, 0.5) is 4.39 Å². The summed E-state index contributed by atoms with van der Waals surface area (Å²) in [6.07, 6.45) is -0.193. The van der Waals surface area contributed by atoms with E-state index in [9.17, 15) is 9.50 Å². The van der Waals surface area contributed by atoms with Gasteiger partial charge in [-0.15, -0.1) is 0 Å². The average molecular weight is 245 g/mol. The van der Waals surface area contributed by atoms with Gasteiger partial charge in [-0.05, 0) is 30.2 Å². The molecule has 3 heteroatoms. The molecule has 2 rings (SSSR count). The van der Waals surface area contributed by atoms with Crippen LogP contribution in [0.3, 0.4) is 0 Å². The highest BCUT2D eigenvalue weighted by molar-refractivity contribution is 5.33. The molecular formula is C15H16FNO. The van der Waals surface area contributed by atoms with Gasteiger partial charge in [0.2, 0.25) is 0 Å². The topological polar surface area (TPSA) is 46.2 Å². The zero-order valence-corrected chi connectivity index (χ0v) is 10.0. The molecule has 0 amide bonds. The lowest BCUT2D eigenvalue weighted by molar-refractivity contribution is 0.215. The summed E-state index contributed by atoms with van der Waals surface area (Å²) in [5.74, 6) is -0.394. The molecule has 0 radical (unpaired) electrons. The maximum Gasteiger partial charge on any atom is 0.129 e. The van der Waals surface area contributed by atoms with Gasteiger partial charge in [-0.25, -0.2) is 4.39 Å². The number of aliphatic hydroxyl groups is 1. The summed E-state index contributed by atoms with van der Waals surface area (Å²) in [4.78, 5) is 0. The van der Waals surface area contributed by atoms with E-state index in [0.717, 1.165) is 12.0 Å². The molecule has 0 aliphatic rings. The van der Waals surface area contributed by atoms with E-state index >= 15 is 0 Å². The Morgan fingerprint density at radius 1 is 1.11 bits per heavy atom. The van der Waals surface area contributed by atoms with Crippen molar-refractivity contribution >= 4 is 0 Å². The standard InChI is InChI=1S/C15H16FNO/c16-14-7-2-1-6-13(14)15(18)12-5-3-4-11(10-12)8-9-17/h1-7,10,15,18H,8-9,17H2. The van der Waals surface area contributed by atoms with Crippen LogP contribution >= 0.6 is 0 Å². The van der Waals surface area contributed by atoms with Gasteiger partial charge in [-0.2, -0.15) is 0 Å². The second kappa shape index (κ2) is 5.76. The molecule has 2 nitrogen and oxygen atoms in total. The SMILES string of the molecule is NCCc1cccc(C(O)c2ccccc2F)c1. The number of rotatable bonds is 4. The molecule has 2 aromatic carbocycles. The van der Waals surface area contributed by atoms with Crippen molar-refractivity contribution in [2.24, 2.45) is 5.73 Å². The number of aliphatic hydroxyl groups excluding tert-OH is 1. The third-order valence-corrected chi connectivity index (χ3v) is 2.90. The van der Waals surface area contributed by atoms with Crippen LogP contribution in [0.1, 0.15) is 22.8 Å². The fourth-order valence-electron chi connectivity index (χ4n) is 1.96. The third kappa shape index (κ3) is 2.75. The van der Waals surface area contributed by atoms with Crippen LogP contribution < -0.4 is 5.73 Å². The summed E-state index contributed by atoms with van der Waals surface area (Å²) in [5.41, 5.74) is 7.53. The minimum atomic E-state index is -0.941. The van der Waals surface area contributed by atoms with E-state index < -0.39 is 11.9 Å². The fourth-order valence-corrected chi connectivity index (χ4v) is 1.96. The number of hydrogen-bond acceptors (Lipinski definition) is 2. The highest BCUT2D eigenvalue weighted by Gasteiger charge is 2.14. The summed E-state index contributed by atoms with van der Waals surface area (Å²) in [6, 6.07) is 13.7. The lowest BCUT2D eigenvalue weighted by Crippen LogP contribution is -2.05. The molecule has 0 aliphatic heterocycles. The van der Waals surface area contributed by atoms with Gasteiger partial charge in [0.05, 0.1) is 0 Å². The fraction of sp³-hybridized carbons (Fsp3) is 0.200. The number of nitrogens with two attached hydrogens (primary N) is 1. The maximum absolute atomic E-state index is 13.6. The molecule has 0 aromatic heterocycles. The van der Waals surface area contributed by atoms with Gasteiger partial charge in [0, 0.05) is 5.56 Å². The summed E-state index contributed by atoms with van der Waals surface area (Å²) >= 11 is 0. The van der Waals surface area contributed by atoms with Crippen molar-refractivity contribution in [1.82, 2.24) is 0 Å². The minimum Gasteiger partial charge on any atom is -0.384 e. The van der Waals surface area contributed by atoms with Crippen molar-refractivity contribution in [3.63, 3.8) is 0 Å².